The second-order valence-corrected chi connectivity index (χ2v) is 12.4. The molecule has 7 rings (SSSR count). The van der Waals surface area contributed by atoms with Gasteiger partial charge >= 0.3 is 6.01 Å². The van der Waals surface area contributed by atoms with Gasteiger partial charge in [0.2, 0.25) is 0 Å². The van der Waals surface area contributed by atoms with Crippen LogP contribution in [0.3, 0.4) is 0 Å². The number of nitrogens with zero attached hydrogens (tertiary/aromatic N) is 4. The molecular weight excluding hydrogens is 526 g/mol. The highest BCUT2D eigenvalue weighted by Gasteiger charge is 2.37. The van der Waals surface area contributed by atoms with E-state index in [-0.39, 0.29) is 0 Å². The maximum atomic E-state index is 6.35. The van der Waals surface area contributed by atoms with E-state index in [4.69, 9.17) is 14.7 Å². The zero-order valence-electron chi connectivity index (χ0n) is 21.6. The molecule has 0 spiro atoms. The van der Waals surface area contributed by atoms with Crippen molar-refractivity contribution in [3.8, 4) is 6.01 Å². The van der Waals surface area contributed by atoms with Crippen molar-refractivity contribution >= 4 is 32.4 Å². The SMILES string of the molecule is CN1CCC[C@H]1COc1nc2c(c(C3C[C@H]4CC[C@@H](C3)N4)n1)CCN(c1cccc3cccc(Br)c13)C2. The van der Waals surface area contributed by atoms with Crippen molar-refractivity contribution < 1.29 is 4.74 Å². The number of hydrogen-bond acceptors (Lipinski definition) is 6. The number of aromatic nitrogens is 2. The summed E-state index contributed by atoms with van der Waals surface area (Å²) in [6, 6.07) is 15.4. The first-order chi connectivity index (χ1) is 18.1. The predicted molar refractivity (Wildman–Crippen MR) is 152 cm³/mol. The van der Waals surface area contributed by atoms with Crippen LogP contribution in [0.25, 0.3) is 10.8 Å². The summed E-state index contributed by atoms with van der Waals surface area (Å²) in [4.78, 5) is 15.1. The first-order valence-corrected chi connectivity index (χ1v) is 14.8. The Hall–Kier alpha value is -2.22. The fourth-order valence-electron chi connectivity index (χ4n) is 7.22. The van der Waals surface area contributed by atoms with Crippen LogP contribution in [0.4, 0.5) is 5.69 Å². The molecule has 7 heteroatoms. The Balaban J connectivity index is 1.23. The minimum Gasteiger partial charge on any atom is -0.462 e. The van der Waals surface area contributed by atoms with Gasteiger partial charge in [0.25, 0.3) is 0 Å². The fraction of sp³-hybridized carbons (Fsp3) is 0.533. The minimum atomic E-state index is 0.460. The number of nitrogens with one attached hydrogen (secondary N) is 1. The van der Waals surface area contributed by atoms with Crippen molar-refractivity contribution in [1.29, 1.82) is 0 Å². The van der Waals surface area contributed by atoms with E-state index >= 15 is 0 Å². The minimum absolute atomic E-state index is 0.460. The van der Waals surface area contributed by atoms with Gasteiger partial charge in [-0.2, -0.15) is 9.97 Å². The second-order valence-electron chi connectivity index (χ2n) is 11.5. The monoisotopic (exact) mass is 561 g/mol. The molecule has 3 aromatic rings. The van der Waals surface area contributed by atoms with Crippen molar-refractivity contribution in [2.24, 2.45) is 0 Å². The number of ether oxygens (including phenoxy) is 1. The Kier molecular flexibility index (Phi) is 6.34. The largest absolute Gasteiger partial charge is 0.462 e. The molecule has 3 fully saturated rings. The van der Waals surface area contributed by atoms with Gasteiger partial charge < -0.3 is 19.9 Å². The van der Waals surface area contributed by atoms with E-state index in [0.29, 0.717) is 36.7 Å². The highest BCUT2D eigenvalue weighted by molar-refractivity contribution is 9.10. The molecule has 0 saturated carbocycles. The molecule has 0 amide bonds. The van der Waals surface area contributed by atoms with Crippen LogP contribution in [0.15, 0.2) is 40.9 Å². The third kappa shape index (κ3) is 4.53. The van der Waals surface area contributed by atoms with E-state index in [1.807, 2.05) is 0 Å². The van der Waals surface area contributed by atoms with Crippen LogP contribution in [0, 0.1) is 0 Å². The maximum absolute atomic E-state index is 6.35. The van der Waals surface area contributed by atoms with Gasteiger partial charge in [-0.05, 0) is 81.6 Å². The van der Waals surface area contributed by atoms with Crippen LogP contribution in [0.5, 0.6) is 6.01 Å². The fourth-order valence-corrected chi connectivity index (χ4v) is 7.81. The van der Waals surface area contributed by atoms with Crippen molar-refractivity contribution in [2.45, 2.75) is 75.5 Å². The molecule has 3 saturated heterocycles. The number of halogens is 1. The number of piperidine rings is 1. The summed E-state index contributed by atoms with van der Waals surface area (Å²) in [5, 5.41) is 6.35. The van der Waals surface area contributed by atoms with Gasteiger partial charge in [0, 0.05) is 46.1 Å². The number of likely N-dealkylation sites (tertiary alicyclic amines) is 1. The zero-order valence-corrected chi connectivity index (χ0v) is 23.2. The molecule has 5 heterocycles. The van der Waals surface area contributed by atoms with Crippen LogP contribution in [0.1, 0.15) is 61.4 Å². The molecule has 6 nitrogen and oxygen atoms in total. The summed E-state index contributed by atoms with van der Waals surface area (Å²) in [6.45, 7) is 3.60. The third-order valence-electron chi connectivity index (χ3n) is 9.19. The summed E-state index contributed by atoms with van der Waals surface area (Å²) in [7, 11) is 2.20. The second kappa shape index (κ2) is 9.83. The van der Waals surface area contributed by atoms with Crippen molar-refractivity contribution in [2.75, 3.05) is 31.6 Å². The lowest BCUT2D eigenvalue weighted by Crippen LogP contribution is -2.39. The smallest absolute Gasteiger partial charge is 0.316 e. The summed E-state index contributed by atoms with van der Waals surface area (Å²) in [5.74, 6) is 0.505. The number of rotatable bonds is 5. The van der Waals surface area contributed by atoms with Crippen LogP contribution in [0.2, 0.25) is 0 Å². The summed E-state index contributed by atoms with van der Waals surface area (Å²) in [6.07, 6.45) is 8.39. The van der Waals surface area contributed by atoms with Crippen molar-refractivity contribution in [3.63, 3.8) is 0 Å². The van der Waals surface area contributed by atoms with Crippen LogP contribution >= 0.6 is 15.9 Å². The lowest BCUT2D eigenvalue weighted by Gasteiger charge is -2.35. The Labute approximate surface area is 227 Å². The molecule has 4 aliphatic heterocycles. The Morgan fingerprint density at radius 3 is 2.62 bits per heavy atom. The van der Waals surface area contributed by atoms with Gasteiger partial charge in [-0.3, -0.25) is 0 Å². The first kappa shape index (κ1) is 23.9. The van der Waals surface area contributed by atoms with E-state index < -0.39 is 0 Å². The average Bonchev–Trinajstić information content (AvgIpc) is 3.49. The van der Waals surface area contributed by atoms with Gasteiger partial charge in [-0.15, -0.1) is 0 Å². The van der Waals surface area contributed by atoms with Crippen LogP contribution in [-0.4, -0.2) is 59.7 Å². The average molecular weight is 563 g/mol. The molecule has 2 bridgehead atoms. The number of likely N-dealkylation sites (N-methyl/N-ethyl adjacent to an activating group) is 1. The standard InChI is InChI=1S/C30H36BrN5O/c1-35-13-4-7-23(35)18-37-30-33-26-17-36(27-9-3-6-19-5-2-8-25(31)28(19)27)14-12-24(26)29(34-30)20-15-21-10-11-22(16-20)32-21/h2-3,5-6,8-9,20-23,32H,4,7,10-18H2,1H3/t20?,21-,22+,23-/m0/s1. The number of hydrogen-bond donors (Lipinski definition) is 1. The van der Waals surface area contributed by atoms with E-state index in [1.165, 1.54) is 66.2 Å². The first-order valence-electron chi connectivity index (χ1n) is 14.0. The zero-order chi connectivity index (χ0) is 24.9. The highest BCUT2D eigenvalue weighted by atomic mass is 79.9. The van der Waals surface area contributed by atoms with Crippen molar-refractivity contribution in [1.82, 2.24) is 20.2 Å². The van der Waals surface area contributed by atoms with E-state index in [9.17, 15) is 0 Å². The Morgan fingerprint density at radius 2 is 1.84 bits per heavy atom. The van der Waals surface area contributed by atoms with Crippen molar-refractivity contribution in [3.05, 3.63) is 57.8 Å². The normalized spacial score (nSPS) is 27.6. The van der Waals surface area contributed by atoms with Gasteiger partial charge in [0.05, 0.1) is 17.9 Å². The molecular formula is C30H36BrN5O. The molecule has 4 atom stereocenters. The topological polar surface area (TPSA) is 53.5 Å². The summed E-state index contributed by atoms with van der Waals surface area (Å²) >= 11 is 3.81. The van der Waals surface area contributed by atoms with E-state index in [2.05, 4.69) is 74.5 Å². The van der Waals surface area contributed by atoms with Gasteiger partial charge in [0.1, 0.15) is 6.61 Å². The summed E-state index contributed by atoms with van der Waals surface area (Å²) in [5.41, 5.74) is 5.08. The van der Waals surface area contributed by atoms with Crippen LogP contribution < -0.4 is 15.0 Å². The molecule has 37 heavy (non-hydrogen) atoms. The number of benzene rings is 2. The molecule has 1 N–H and O–H groups in total. The molecule has 0 aliphatic carbocycles. The van der Waals surface area contributed by atoms with E-state index in [1.54, 1.807) is 0 Å². The Bertz CT molecular complexity index is 1300. The number of anilines is 1. The molecule has 0 radical (unpaired) electrons. The Morgan fingerprint density at radius 1 is 1.03 bits per heavy atom. The third-order valence-corrected chi connectivity index (χ3v) is 9.85. The molecule has 4 aliphatic rings. The molecule has 1 aromatic heterocycles. The highest BCUT2D eigenvalue weighted by Crippen LogP contribution is 2.41. The molecule has 194 valence electrons. The van der Waals surface area contributed by atoms with Crippen LogP contribution in [-0.2, 0) is 13.0 Å². The van der Waals surface area contributed by atoms with Gasteiger partial charge in [0.15, 0.2) is 0 Å². The van der Waals surface area contributed by atoms with E-state index in [0.717, 1.165) is 36.2 Å². The lowest BCUT2D eigenvalue weighted by molar-refractivity contribution is 0.186. The quantitative estimate of drug-likeness (QED) is 0.448. The molecule has 2 aromatic carbocycles. The van der Waals surface area contributed by atoms with Gasteiger partial charge in [-0.1, -0.05) is 40.2 Å². The maximum Gasteiger partial charge on any atom is 0.316 e. The predicted octanol–water partition coefficient (Wildman–Crippen LogP) is 5.43. The molecule has 1 unspecified atom stereocenters. The lowest BCUT2D eigenvalue weighted by atomic mass is 9.85. The van der Waals surface area contributed by atoms with Gasteiger partial charge in [-0.25, -0.2) is 0 Å². The number of fused-ring (bicyclic) bond motifs is 4. The summed E-state index contributed by atoms with van der Waals surface area (Å²) < 4.78 is 7.50.